The molecular weight excluding hydrogens is 335 g/mol. The van der Waals surface area contributed by atoms with Crippen molar-refractivity contribution in [3.05, 3.63) is 28.2 Å². The SMILES string of the molecule is CC(=O)C1CCCCN1c1cc(Br)ccc1C(F)(F)F. The molecule has 1 fully saturated rings. The average molecular weight is 350 g/mol. The van der Waals surface area contributed by atoms with Crippen molar-refractivity contribution in [2.24, 2.45) is 0 Å². The summed E-state index contributed by atoms with van der Waals surface area (Å²) < 4.78 is 40.0. The molecule has 6 heteroatoms. The summed E-state index contributed by atoms with van der Waals surface area (Å²) in [4.78, 5) is 13.3. The molecule has 1 aliphatic rings. The fourth-order valence-electron chi connectivity index (χ4n) is 2.62. The lowest BCUT2D eigenvalue weighted by atomic mass is 9.97. The van der Waals surface area contributed by atoms with Gasteiger partial charge in [-0.25, -0.2) is 0 Å². The van der Waals surface area contributed by atoms with E-state index in [1.807, 2.05) is 0 Å². The Morgan fingerprint density at radius 3 is 2.65 bits per heavy atom. The Morgan fingerprint density at radius 2 is 2.05 bits per heavy atom. The third kappa shape index (κ3) is 3.16. The summed E-state index contributed by atoms with van der Waals surface area (Å²) in [5.41, 5.74) is -0.597. The van der Waals surface area contributed by atoms with Gasteiger partial charge >= 0.3 is 6.18 Å². The molecule has 1 saturated heterocycles. The van der Waals surface area contributed by atoms with E-state index in [1.165, 1.54) is 19.1 Å². The lowest BCUT2D eigenvalue weighted by molar-refractivity contribution is -0.137. The van der Waals surface area contributed by atoms with Crippen LogP contribution < -0.4 is 4.90 Å². The molecule has 20 heavy (non-hydrogen) atoms. The minimum absolute atomic E-state index is 0.0854. The molecule has 0 radical (unpaired) electrons. The highest BCUT2D eigenvalue weighted by atomic mass is 79.9. The summed E-state index contributed by atoms with van der Waals surface area (Å²) >= 11 is 3.21. The van der Waals surface area contributed by atoms with Crippen LogP contribution in [0.4, 0.5) is 18.9 Å². The number of carbonyl (C=O) groups excluding carboxylic acids is 1. The molecule has 110 valence electrons. The molecule has 0 aliphatic carbocycles. The van der Waals surface area contributed by atoms with Crippen molar-refractivity contribution < 1.29 is 18.0 Å². The molecule has 0 saturated carbocycles. The van der Waals surface area contributed by atoms with E-state index in [-0.39, 0.29) is 11.5 Å². The minimum Gasteiger partial charge on any atom is -0.361 e. The first-order valence-corrected chi connectivity index (χ1v) is 7.24. The maximum Gasteiger partial charge on any atom is 0.418 e. The quantitative estimate of drug-likeness (QED) is 0.787. The number of benzene rings is 1. The van der Waals surface area contributed by atoms with E-state index in [0.717, 1.165) is 18.9 Å². The summed E-state index contributed by atoms with van der Waals surface area (Å²) in [7, 11) is 0. The fourth-order valence-corrected chi connectivity index (χ4v) is 2.97. The molecule has 1 aliphatic heterocycles. The van der Waals surface area contributed by atoms with E-state index in [9.17, 15) is 18.0 Å². The molecule has 1 unspecified atom stereocenters. The molecule has 0 bridgehead atoms. The predicted octanol–water partition coefficient (Wildman–Crippen LogP) is 4.42. The van der Waals surface area contributed by atoms with Crippen LogP contribution in [0.25, 0.3) is 0 Å². The lowest BCUT2D eigenvalue weighted by Gasteiger charge is -2.37. The second kappa shape index (κ2) is 5.76. The van der Waals surface area contributed by atoms with Crippen molar-refractivity contribution in [2.45, 2.75) is 38.4 Å². The Labute approximate surface area is 124 Å². The Morgan fingerprint density at radius 1 is 1.35 bits per heavy atom. The standard InChI is InChI=1S/C14H15BrF3NO/c1-9(20)12-4-2-3-7-19(12)13-8-10(15)5-6-11(13)14(16,17)18/h5-6,8,12H,2-4,7H2,1H3. The number of ketones is 1. The monoisotopic (exact) mass is 349 g/mol. The molecule has 2 rings (SSSR count). The van der Waals surface area contributed by atoms with Crippen LogP contribution in [-0.2, 0) is 11.0 Å². The Bertz CT molecular complexity index is 516. The van der Waals surface area contributed by atoms with Crippen molar-refractivity contribution >= 4 is 27.4 Å². The van der Waals surface area contributed by atoms with Crippen LogP contribution in [0.1, 0.15) is 31.7 Å². The molecule has 2 nitrogen and oxygen atoms in total. The highest BCUT2D eigenvalue weighted by Crippen LogP contribution is 2.40. The lowest BCUT2D eigenvalue weighted by Crippen LogP contribution is -2.44. The van der Waals surface area contributed by atoms with Gasteiger partial charge in [-0.3, -0.25) is 4.79 Å². The maximum absolute atomic E-state index is 13.1. The summed E-state index contributed by atoms with van der Waals surface area (Å²) in [5, 5.41) is 0. The summed E-state index contributed by atoms with van der Waals surface area (Å²) in [6, 6.07) is 3.42. The third-order valence-corrected chi connectivity index (χ3v) is 4.04. The molecular formula is C14H15BrF3NO. The first-order chi connectivity index (χ1) is 9.30. The van der Waals surface area contributed by atoms with Crippen LogP contribution in [0.15, 0.2) is 22.7 Å². The van der Waals surface area contributed by atoms with Crippen molar-refractivity contribution in [2.75, 3.05) is 11.4 Å². The Kier molecular flexibility index (Phi) is 4.42. The number of Topliss-reactive ketones (excluding diaryl/α,β-unsaturated/α-hetero) is 1. The molecule has 0 spiro atoms. The summed E-state index contributed by atoms with van der Waals surface area (Å²) in [5.74, 6) is -0.0854. The van der Waals surface area contributed by atoms with Gasteiger partial charge < -0.3 is 4.90 Å². The first-order valence-electron chi connectivity index (χ1n) is 6.44. The van der Waals surface area contributed by atoms with Gasteiger partial charge in [-0.05, 0) is 44.4 Å². The number of hydrogen-bond donors (Lipinski definition) is 0. The van der Waals surface area contributed by atoms with Gasteiger partial charge in [-0.15, -0.1) is 0 Å². The summed E-state index contributed by atoms with van der Waals surface area (Å²) in [6.45, 7) is 1.91. The molecule has 1 aromatic carbocycles. The highest BCUT2D eigenvalue weighted by molar-refractivity contribution is 9.10. The maximum atomic E-state index is 13.1. The van der Waals surface area contributed by atoms with Crippen molar-refractivity contribution in [3.63, 3.8) is 0 Å². The number of carbonyl (C=O) groups is 1. The molecule has 1 aromatic rings. The Hall–Kier alpha value is -1.04. The normalized spacial score (nSPS) is 20.1. The van der Waals surface area contributed by atoms with Gasteiger partial charge in [0.25, 0.3) is 0 Å². The van der Waals surface area contributed by atoms with E-state index in [2.05, 4.69) is 15.9 Å². The van der Waals surface area contributed by atoms with Gasteiger partial charge in [0.2, 0.25) is 0 Å². The van der Waals surface area contributed by atoms with E-state index in [4.69, 9.17) is 0 Å². The Balaban J connectivity index is 2.49. The highest BCUT2D eigenvalue weighted by Gasteiger charge is 2.37. The van der Waals surface area contributed by atoms with Gasteiger partial charge in [0, 0.05) is 11.0 Å². The fraction of sp³-hybridized carbons (Fsp3) is 0.500. The third-order valence-electron chi connectivity index (χ3n) is 3.55. The van der Waals surface area contributed by atoms with Gasteiger partial charge in [-0.2, -0.15) is 13.2 Å². The number of rotatable bonds is 2. The van der Waals surface area contributed by atoms with Crippen LogP contribution in [0, 0.1) is 0 Å². The molecule has 1 heterocycles. The van der Waals surface area contributed by atoms with Crippen LogP contribution in [0.5, 0.6) is 0 Å². The minimum atomic E-state index is -4.42. The summed E-state index contributed by atoms with van der Waals surface area (Å²) in [6.07, 6.45) is -2.14. The van der Waals surface area contributed by atoms with E-state index < -0.39 is 17.8 Å². The van der Waals surface area contributed by atoms with E-state index in [1.54, 1.807) is 4.90 Å². The number of nitrogens with zero attached hydrogens (tertiary/aromatic N) is 1. The van der Waals surface area contributed by atoms with Crippen molar-refractivity contribution in [1.82, 2.24) is 0 Å². The molecule has 0 aromatic heterocycles. The van der Waals surface area contributed by atoms with Crippen LogP contribution in [-0.4, -0.2) is 18.4 Å². The zero-order chi connectivity index (χ0) is 14.9. The largest absolute Gasteiger partial charge is 0.418 e. The van der Waals surface area contributed by atoms with Crippen molar-refractivity contribution in [1.29, 1.82) is 0 Å². The van der Waals surface area contributed by atoms with Crippen LogP contribution in [0.2, 0.25) is 0 Å². The number of halogens is 4. The van der Waals surface area contributed by atoms with E-state index in [0.29, 0.717) is 17.4 Å². The zero-order valence-corrected chi connectivity index (χ0v) is 12.6. The number of hydrogen-bond acceptors (Lipinski definition) is 2. The topological polar surface area (TPSA) is 20.3 Å². The van der Waals surface area contributed by atoms with Crippen LogP contribution in [0.3, 0.4) is 0 Å². The number of piperidine rings is 1. The second-order valence-corrected chi connectivity index (χ2v) is 5.89. The van der Waals surface area contributed by atoms with Gasteiger partial charge in [0.1, 0.15) is 0 Å². The van der Waals surface area contributed by atoms with E-state index >= 15 is 0 Å². The molecule has 1 atom stereocenters. The van der Waals surface area contributed by atoms with Crippen LogP contribution >= 0.6 is 15.9 Å². The predicted molar refractivity (Wildman–Crippen MR) is 74.8 cm³/mol. The first kappa shape index (κ1) is 15.4. The van der Waals surface area contributed by atoms with Gasteiger partial charge in [0.05, 0.1) is 17.3 Å². The average Bonchev–Trinajstić information content (AvgIpc) is 2.37. The van der Waals surface area contributed by atoms with Crippen molar-refractivity contribution in [3.8, 4) is 0 Å². The second-order valence-electron chi connectivity index (χ2n) is 4.97. The molecule has 0 amide bonds. The van der Waals surface area contributed by atoms with Gasteiger partial charge in [-0.1, -0.05) is 15.9 Å². The number of alkyl halides is 3. The van der Waals surface area contributed by atoms with Gasteiger partial charge in [0.15, 0.2) is 5.78 Å². The zero-order valence-electron chi connectivity index (χ0n) is 11.0. The number of anilines is 1. The molecule has 0 N–H and O–H groups in total. The smallest absolute Gasteiger partial charge is 0.361 e.